The van der Waals surface area contributed by atoms with Crippen LogP contribution in [-0.2, 0) is 30.4 Å². The molecule has 0 saturated heterocycles. The molecule has 1 rings (SSSR count). The summed E-state index contributed by atoms with van der Waals surface area (Å²) in [4.78, 5) is 59.8. The van der Waals surface area contributed by atoms with Crippen LogP contribution in [0.3, 0.4) is 0 Å². The second-order valence-electron chi connectivity index (χ2n) is 7.44. The number of amides is 4. The molecule has 0 aliphatic heterocycles. The lowest BCUT2D eigenvalue weighted by Gasteiger charge is -2.23. The molecular weight excluding hydrogens is 450 g/mol. The standard InChI is InChI=1S/C21H31N5O6S/c1-12(18(28)26-16(21(31)32)11-17(23)27)24-20(30)15(8-9-33-2)25-19(29)14(22)10-13-6-4-3-5-7-13/h3-7,12,14-16H,8-11,22H2,1-2H3,(H2,23,27)(H,24,30)(H,25,29)(H,26,28)(H,31,32). The summed E-state index contributed by atoms with van der Waals surface area (Å²) in [5.74, 6) is -3.71. The molecule has 4 atom stereocenters. The highest BCUT2D eigenvalue weighted by Gasteiger charge is 2.28. The first-order chi connectivity index (χ1) is 15.5. The van der Waals surface area contributed by atoms with Crippen molar-refractivity contribution >= 4 is 41.4 Å². The SMILES string of the molecule is CSCCC(NC(=O)C(N)Cc1ccccc1)C(=O)NC(C)C(=O)NC(CC(N)=O)C(=O)O. The van der Waals surface area contributed by atoms with E-state index in [2.05, 4.69) is 16.0 Å². The average Bonchev–Trinajstić information content (AvgIpc) is 2.75. The number of carboxylic acids is 1. The van der Waals surface area contributed by atoms with E-state index in [0.29, 0.717) is 18.6 Å². The number of aliphatic carboxylic acids is 1. The first-order valence-electron chi connectivity index (χ1n) is 10.3. The highest BCUT2D eigenvalue weighted by molar-refractivity contribution is 7.98. The van der Waals surface area contributed by atoms with Crippen molar-refractivity contribution in [1.82, 2.24) is 16.0 Å². The van der Waals surface area contributed by atoms with Gasteiger partial charge in [-0.3, -0.25) is 19.2 Å². The fourth-order valence-corrected chi connectivity index (χ4v) is 3.29. The average molecular weight is 482 g/mol. The van der Waals surface area contributed by atoms with E-state index in [9.17, 15) is 24.0 Å². The summed E-state index contributed by atoms with van der Waals surface area (Å²) in [6.45, 7) is 1.35. The molecule has 8 N–H and O–H groups in total. The third-order valence-electron chi connectivity index (χ3n) is 4.65. The van der Waals surface area contributed by atoms with Crippen molar-refractivity contribution in [3.63, 3.8) is 0 Å². The number of carboxylic acid groups (broad SMARTS) is 1. The Kier molecular flexibility index (Phi) is 11.9. The molecule has 11 nitrogen and oxygen atoms in total. The number of hydrogen-bond acceptors (Lipinski definition) is 7. The molecule has 0 radical (unpaired) electrons. The number of primary amides is 1. The summed E-state index contributed by atoms with van der Waals surface area (Å²) in [5, 5.41) is 16.3. The highest BCUT2D eigenvalue weighted by Crippen LogP contribution is 2.05. The summed E-state index contributed by atoms with van der Waals surface area (Å²) in [6, 6.07) is 4.74. The maximum absolute atomic E-state index is 12.7. The van der Waals surface area contributed by atoms with Crippen molar-refractivity contribution in [2.75, 3.05) is 12.0 Å². The van der Waals surface area contributed by atoms with Crippen LogP contribution in [0.25, 0.3) is 0 Å². The summed E-state index contributed by atoms with van der Waals surface area (Å²) >= 11 is 1.48. The molecule has 182 valence electrons. The zero-order valence-electron chi connectivity index (χ0n) is 18.6. The van der Waals surface area contributed by atoms with E-state index in [1.54, 1.807) is 0 Å². The number of carbonyl (C=O) groups is 5. The molecule has 4 unspecified atom stereocenters. The molecule has 0 spiro atoms. The topological polar surface area (TPSA) is 194 Å². The number of nitrogens with two attached hydrogens (primary N) is 2. The van der Waals surface area contributed by atoms with Crippen LogP contribution in [-0.4, -0.2) is 70.9 Å². The fourth-order valence-electron chi connectivity index (χ4n) is 2.82. The first kappa shape index (κ1) is 27.9. The van der Waals surface area contributed by atoms with Crippen LogP contribution in [0.2, 0.25) is 0 Å². The molecule has 0 aliphatic rings. The Labute approximate surface area is 196 Å². The number of rotatable bonds is 14. The van der Waals surface area contributed by atoms with Crippen LogP contribution in [0.5, 0.6) is 0 Å². The lowest BCUT2D eigenvalue weighted by molar-refractivity contribution is -0.143. The van der Waals surface area contributed by atoms with E-state index in [-0.39, 0.29) is 0 Å². The van der Waals surface area contributed by atoms with Crippen LogP contribution in [0.15, 0.2) is 30.3 Å². The minimum absolute atomic E-state index is 0.290. The molecule has 1 aromatic carbocycles. The number of hydrogen-bond donors (Lipinski definition) is 6. The van der Waals surface area contributed by atoms with Gasteiger partial charge in [-0.25, -0.2) is 4.79 Å². The largest absolute Gasteiger partial charge is 0.480 e. The van der Waals surface area contributed by atoms with Gasteiger partial charge in [0.1, 0.15) is 18.1 Å². The number of nitrogens with one attached hydrogen (secondary N) is 3. The van der Waals surface area contributed by atoms with Crippen molar-refractivity contribution in [3.8, 4) is 0 Å². The molecule has 0 bridgehead atoms. The van der Waals surface area contributed by atoms with Gasteiger partial charge >= 0.3 is 5.97 Å². The maximum atomic E-state index is 12.7. The van der Waals surface area contributed by atoms with Crippen molar-refractivity contribution < 1.29 is 29.1 Å². The molecule has 0 fully saturated rings. The van der Waals surface area contributed by atoms with E-state index >= 15 is 0 Å². The Morgan fingerprint density at radius 1 is 0.970 bits per heavy atom. The van der Waals surface area contributed by atoms with Gasteiger partial charge in [0.05, 0.1) is 12.5 Å². The van der Waals surface area contributed by atoms with Crippen LogP contribution in [0.1, 0.15) is 25.3 Å². The summed E-state index contributed by atoms with van der Waals surface area (Å²) in [5.41, 5.74) is 11.9. The minimum atomic E-state index is -1.52. The fraction of sp³-hybridized carbons (Fsp3) is 0.476. The van der Waals surface area contributed by atoms with Crippen LogP contribution in [0.4, 0.5) is 0 Å². The third-order valence-corrected chi connectivity index (χ3v) is 5.29. The highest BCUT2D eigenvalue weighted by atomic mass is 32.2. The van der Waals surface area contributed by atoms with E-state index in [1.165, 1.54) is 18.7 Å². The van der Waals surface area contributed by atoms with Crippen LogP contribution < -0.4 is 27.4 Å². The Morgan fingerprint density at radius 3 is 2.12 bits per heavy atom. The lowest BCUT2D eigenvalue weighted by atomic mass is 10.1. The summed E-state index contributed by atoms with van der Waals surface area (Å²) in [7, 11) is 0. The van der Waals surface area contributed by atoms with E-state index in [0.717, 1.165) is 5.56 Å². The van der Waals surface area contributed by atoms with Gasteiger partial charge in [-0.05, 0) is 37.3 Å². The van der Waals surface area contributed by atoms with Gasteiger partial charge in [-0.2, -0.15) is 11.8 Å². The van der Waals surface area contributed by atoms with Gasteiger partial charge in [0.15, 0.2) is 0 Å². The van der Waals surface area contributed by atoms with Gasteiger partial charge in [0.25, 0.3) is 0 Å². The Morgan fingerprint density at radius 2 is 1.58 bits per heavy atom. The van der Waals surface area contributed by atoms with Gasteiger partial charge in [-0.1, -0.05) is 30.3 Å². The van der Waals surface area contributed by atoms with E-state index < -0.39 is 60.2 Å². The predicted molar refractivity (Wildman–Crippen MR) is 124 cm³/mol. The zero-order valence-corrected chi connectivity index (χ0v) is 19.4. The Bertz CT molecular complexity index is 838. The van der Waals surface area contributed by atoms with Gasteiger partial charge in [0, 0.05) is 0 Å². The minimum Gasteiger partial charge on any atom is -0.480 e. The van der Waals surface area contributed by atoms with Crippen molar-refractivity contribution in [1.29, 1.82) is 0 Å². The number of carbonyl (C=O) groups excluding carboxylic acids is 4. The Balaban J connectivity index is 2.74. The van der Waals surface area contributed by atoms with Crippen molar-refractivity contribution in [2.24, 2.45) is 11.5 Å². The second-order valence-corrected chi connectivity index (χ2v) is 8.42. The van der Waals surface area contributed by atoms with Gasteiger partial charge in [0.2, 0.25) is 23.6 Å². The van der Waals surface area contributed by atoms with E-state index in [4.69, 9.17) is 16.6 Å². The van der Waals surface area contributed by atoms with Gasteiger partial charge < -0.3 is 32.5 Å². The molecule has 12 heteroatoms. The van der Waals surface area contributed by atoms with E-state index in [1.807, 2.05) is 36.6 Å². The van der Waals surface area contributed by atoms with Crippen molar-refractivity contribution in [2.45, 2.75) is 50.4 Å². The summed E-state index contributed by atoms with van der Waals surface area (Å²) in [6.07, 6.45) is 1.84. The molecule has 0 aliphatic carbocycles. The first-order valence-corrected chi connectivity index (χ1v) is 11.6. The monoisotopic (exact) mass is 481 g/mol. The summed E-state index contributed by atoms with van der Waals surface area (Å²) < 4.78 is 0. The lowest BCUT2D eigenvalue weighted by Crippen LogP contribution is -2.56. The molecular formula is C21H31N5O6S. The second kappa shape index (κ2) is 14.1. The van der Waals surface area contributed by atoms with Gasteiger partial charge in [-0.15, -0.1) is 0 Å². The number of thioether (sulfide) groups is 1. The maximum Gasteiger partial charge on any atom is 0.326 e. The predicted octanol–water partition coefficient (Wildman–Crippen LogP) is -1.26. The smallest absolute Gasteiger partial charge is 0.326 e. The number of benzene rings is 1. The molecule has 4 amide bonds. The van der Waals surface area contributed by atoms with Crippen molar-refractivity contribution in [3.05, 3.63) is 35.9 Å². The van der Waals surface area contributed by atoms with Crippen LogP contribution in [0, 0.1) is 0 Å². The molecule has 0 heterocycles. The normalized spacial score (nSPS) is 14.3. The molecule has 0 aromatic heterocycles. The van der Waals surface area contributed by atoms with Crippen LogP contribution >= 0.6 is 11.8 Å². The molecule has 33 heavy (non-hydrogen) atoms. The zero-order chi connectivity index (χ0) is 25.0. The molecule has 0 saturated carbocycles. The third kappa shape index (κ3) is 10.4. The molecule has 1 aromatic rings. The Hall–Kier alpha value is -3.12. The quantitative estimate of drug-likeness (QED) is 0.189.